The van der Waals surface area contributed by atoms with Gasteiger partial charge in [-0.05, 0) is 47.4 Å². The van der Waals surface area contributed by atoms with Gasteiger partial charge in [-0.2, -0.15) is 4.98 Å². The zero-order valence-electron chi connectivity index (χ0n) is 15.9. The maximum atomic E-state index is 6.03. The molecule has 144 valence electrons. The van der Waals surface area contributed by atoms with Gasteiger partial charge in [0.25, 0.3) is 5.89 Å². The molecule has 1 aromatic heterocycles. The molecule has 0 radical (unpaired) electrons. The summed E-state index contributed by atoms with van der Waals surface area (Å²) in [5.41, 5.74) is 5.34. The average molecular weight is 384 g/mol. The molecule has 0 saturated heterocycles. The number of aromatic nitrogens is 2. The molecule has 3 aromatic carbocycles. The van der Waals surface area contributed by atoms with Crippen LogP contribution in [-0.4, -0.2) is 16.7 Å². The predicted molar refractivity (Wildman–Crippen MR) is 109 cm³/mol. The van der Waals surface area contributed by atoms with Crippen LogP contribution in [0.5, 0.6) is 5.75 Å². The third kappa shape index (κ3) is 3.77. The highest BCUT2D eigenvalue weighted by Crippen LogP contribution is 2.31. The maximum absolute atomic E-state index is 6.03. The van der Waals surface area contributed by atoms with Gasteiger partial charge < -0.3 is 14.0 Å². The molecule has 0 atom stereocenters. The molecule has 5 rings (SSSR count). The second-order valence-electron chi connectivity index (χ2n) is 6.98. The average Bonchev–Trinajstić information content (AvgIpc) is 3.28. The summed E-state index contributed by atoms with van der Waals surface area (Å²) in [6.45, 7) is 1.89. The minimum Gasteiger partial charge on any atom is -0.488 e. The van der Waals surface area contributed by atoms with Crippen LogP contribution in [0.15, 0.2) is 77.3 Å². The summed E-state index contributed by atoms with van der Waals surface area (Å²) in [4.78, 5) is 4.63. The number of rotatable bonds is 5. The topological polar surface area (TPSA) is 57.4 Å². The van der Waals surface area contributed by atoms with Crippen molar-refractivity contribution in [2.45, 2.75) is 19.6 Å². The molecule has 1 aliphatic rings. The van der Waals surface area contributed by atoms with Crippen LogP contribution in [0, 0.1) is 0 Å². The normalized spacial score (nSPS) is 13.1. The summed E-state index contributed by atoms with van der Waals surface area (Å²) in [5, 5.41) is 4.20. The Morgan fingerprint density at radius 1 is 0.897 bits per heavy atom. The first kappa shape index (κ1) is 17.6. The lowest BCUT2D eigenvalue weighted by Crippen LogP contribution is -2.09. The highest BCUT2D eigenvalue weighted by atomic mass is 16.5. The van der Waals surface area contributed by atoms with Crippen LogP contribution >= 0.6 is 0 Å². The number of para-hydroxylation sites is 1. The van der Waals surface area contributed by atoms with E-state index in [2.05, 4.69) is 22.3 Å². The quantitative estimate of drug-likeness (QED) is 0.482. The number of benzene rings is 3. The zero-order valence-corrected chi connectivity index (χ0v) is 15.9. The first-order valence-electron chi connectivity index (χ1n) is 9.66. The van der Waals surface area contributed by atoms with Gasteiger partial charge in [-0.1, -0.05) is 53.7 Å². The molecule has 0 aliphatic carbocycles. The number of hydrogen-bond acceptors (Lipinski definition) is 5. The lowest BCUT2D eigenvalue weighted by molar-refractivity contribution is 0.111. The zero-order chi connectivity index (χ0) is 19.5. The van der Waals surface area contributed by atoms with Crippen LogP contribution in [0.3, 0.4) is 0 Å². The molecule has 2 heterocycles. The Morgan fingerprint density at radius 2 is 1.76 bits per heavy atom. The van der Waals surface area contributed by atoms with E-state index in [9.17, 15) is 0 Å². The highest BCUT2D eigenvalue weighted by Gasteiger charge is 2.17. The molecule has 5 heteroatoms. The molecule has 0 fully saturated rings. The third-order valence-electron chi connectivity index (χ3n) is 5.02. The molecule has 5 nitrogen and oxygen atoms in total. The van der Waals surface area contributed by atoms with Crippen LogP contribution in [-0.2, 0) is 24.4 Å². The number of fused-ring (bicyclic) bond motifs is 1. The Morgan fingerprint density at radius 3 is 2.69 bits per heavy atom. The van der Waals surface area contributed by atoms with E-state index < -0.39 is 0 Å². The lowest BCUT2D eigenvalue weighted by Gasteiger charge is -2.16. The summed E-state index contributed by atoms with van der Waals surface area (Å²) in [5.74, 6) is 1.75. The predicted octanol–water partition coefficient (Wildman–Crippen LogP) is 5.06. The minimum absolute atomic E-state index is 0.482. The van der Waals surface area contributed by atoms with Gasteiger partial charge in [-0.15, -0.1) is 0 Å². The second-order valence-corrected chi connectivity index (χ2v) is 6.98. The molecule has 0 spiro atoms. The van der Waals surface area contributed by atoms with E-state index in [1.54, 1.807) is 0 Å². The fraction of sp³-hybridized carbons (Fsp3) is 0.167. The molecule has 29 heavy (non-hydrogen) atoms. The van der Waals surface area contributed by atoms with Gasteiger partial charge in [0.15, 0.2) is 0 Å². The molecule has 1 aliphatic heterocycles. The fourth-order valence-electron chi connectivity index (χ4n) is 3.46. The van der Waals surface area contributed by atoms with Crippen LogP contribution in [0.2, 0.25) is 0 Å². The molecule has 0 saturated carbocycles. The Labute approximate surface area is 168 Å². The Bertz CT molecular complexity index is 1120. The van der Waals surface area contributed by atoms with E-state index in [1.807, 2.05) is 60.7 Å². The Balaban J connectivity index is 1.41. The van der Waals surface area contributed by atoms with Crippen LogP contribution in [0.4, 0.5) is 0 Å². The van der Waals surface area contributed by atoms with E-state index in [4.69, 9.17) is 14.0 Å². The van der Waals surface area contributed by atoms with Crippen molar-refractivity contribution in [1.82, 2.24) is 10.1 Å². The lowest BCUT2D eigenvalue weighted by atomic mass is 10.0. The Kier molecular flexibility index (Phi) is 4.80. The van der Waals surface area contributed by atoms with E-state index in [0.717, 1.165) is 35.5 Å². The monoisotopic (exact) mass is 384 g/mol. The van der Waals surface area contributed by atoms with Gasteiger partial charge in [0, 0.05) is 5.56 Å². The standard InChI is InChI=1S/C24H20N2O3/c1-2-6-17(7-3-1)15-28-22-9-5-4-8-21(22)23-25-24(29-26-23)19-10-11-20-16-27-13-12-18(20)14-19/h1-11,14H,12-13,15-16H2. The van der Waals surface area contributed by atoms with Crippen molar-refractivity contribution in [3.63, 3.8) is 0 Å². The third-order valence-corrected chi connectivity index (χ3v) is 5.02. The van der Waals surface area contributed by atoms with Gasteiger partial charge >= 0.3 is 0 Å². The summed E-state index contributed by atoms with van der Waals surface area (Å²) < 4.78 is 17.1. The van der Waals surface area contributed by atoms with Crippen molar-refractivity contribution in [3.05, 3.63) is 89.5 Å². The van der Waals surface area contributed by atoms with E-state index in [0.29, 0.717) is 24.9 Å². The summed E-state index contributed by atoms with van der Waals surface area (Å²) in [6, 6.07) is 24.0. The van der Waals surface area contributed by atoms with Crippen LogP contribution in [0.1, 0.15) is 16.7 Å². The van der Waals surface area contributed by atoms with Crippen molar-refractivity contribution < 1.29 is 14.0 Å². The maximum Gasteiger partial charge on any atom is 0.258 e. The minimum atomic E-state index is 0.482. The van der Waals surface area contributed by atoms with E-state index in [-0.39, 0.29) is 0 Å². The SMILES string of the molecule is c1ccc(COc2ccccc2-c2noc(-c3ccc4c(c3)CCOC4)n2)cc1. The van der Waals surface area contributed by atoms with Gasteiger partial charge in [0.05, 0.1) is 18.8 Å². The number of hydrogen-bond donors (Lipinski definition) is 0. The van der Waals surface area contributed by atoms with Gasteiger partial charge in [0.1, 0.15) is 12.4 Å². The summed E-state index contributed by atoms with van der Waals surface area (Å²) >= 11 is 0. The molecular weight excluding hydrogens is 364 g/mol. The number of ether oxygens (including phenoxy) is 2. The van der Waals surface area contributed by atoms with Crippen LogP contribution < -0.4 is 4.74 Å². The summed E-state index contributed by atoms with van der Waals surface area (Å²) in [6.07, 6.45) is 0.903. The van der Waals surface area contributed by atoms with Crippen molar-refractivity contribution in [3.8, 4) is 28.6 Å². The van der Waals surface area contributed by atoms with Crippen molar-refractivity contribution in [1.29, 1.82) is 0 Å². The molecule has 0 N–H and O–H groups in total. The second kappa shape index (κ2) is 7.89. The van der Waals surface area contributed by atoms with Crippen molar-refractivity contribution in [2.24, 2.45) is 0 Å². The summed E-state index contributed by atoms with van der Waals surface area (Å²) in [7, 11) is 0. The van der Waals surface area contributed by atoms with E-state index >= 15 is 0 Å². The highest BCUT2D eigenvalue weighted by molar-refractivity contribution is 5.66. The van der Waals surface area contributed by atoms with Crippen molar-refractivity contribution >= 4 is 0 Å². The van der Waals surface area contributed by atoms with E-state index in [1.165, 1.54) is 11.1 Å². The molecular formula is C24H20N2O3. The van der Waals surface area contributed by atoms with Gasteiger partial charge in [-0.25, -0.2) is 0 Å². The smallest absolute Gasteiger partial charge is 0.258 e. The molecule has 0 amide bonds. The first-order chi connectivity index (χ1) is 14.4. The largest absolute Gasteiger partial charge is 0.488 e. The van der Waals surface area contributed by atoms with Gasteiger partial charge in [-0.3, -0.25) is 0 Å². The molecule has 0 unspecified atom stereocenters. The van der Waals surface area contributed by atoms with Crippen LogP contribution in [0.25, 0.3) is 22.8 Å². The number of nitrogens with zero attached hydrogens (tertiary/aromatic N) is 2. The van der Waals surface area contributed by atoms with Crippen molar-refractivity contribution in [2.75, 3.05) is 6.61 Å². The molecule has 4 aromatic rings. The molecule has 0 bridgehead atoms. The first-order valence-corrected chi connectivity index (χ1v) is 9.66. The van der Waals surface area contributed by atoms with Gasteiger partial charge in [0.2, 0.25) is 5.82 Å². The Hall–Kier alpha value is -3.44. The fourth-order valence-corrected chi connectivity index (χ4v) is 3.46.